The van der Waals surface area contributed by atoms with Gasteiger partial charge < -0.3 is 5.32 Å². The molecular weight excluding hydrogens is 322 g/mol. The van der Waals surface area contributed by atoms with Gasteiger partial charge >= 0.3 is 0 Å². The Morgan fingerprint density at radius 3 is 2.59 bits per heavy atom. The first-order chi connectivity index (χ1) is 10.5. The highest BCUT2D eigenvalue weighted by molar-refractivity contribution is 7.91. The van der Waals surface area contributed by atoms with E-state index >= 15 is 0 Å². The number of nitrogens with zero attached hydrogens (tertiary/aromatic N) is 2. The fourth-order valence-corrected chi connectivity index (χ4v) is 3.78. The fraction of sp³-hybridized carbons (Fsp3) is 0.357. The smallest absolute Gasteiger partial charge is 0.221 e. The molecule has 0 spiro atoms. The first-order valence-electron chi connectivity index (χ1n) is 6.81. The van der Waals surface area contributed by atoms with E-state index in [1.807, 2.05) is 6.92 Å². The second-order valence-corrected chi connectivity index (χ2v) is 8.07. The Morgan fingerprint density at radius 1 is 1.23 bits per heavy atom. The molecule has 1 amide bonds. The molecule has 0 aliphatic carbocycles. The Hall–Kier alpha value is -1.80. The van der Waals surface area contributed by atoms with Gasteiger partial charge in [0.15, 0.2) is 9.84 Å². The van der Waals surface area contributed by atoms with Crippen molar-refractivity contribution >= 4 is 27.1 Å². The van der Waals surface area contributed by atoms with E-state index in [2.05, 4.69) is 15.5 Å². The molecule has 2 aromatic rings. The van der Waals surface area contributed by atoms with Crippen LogP contribution in [0.2, 0.25) is 0 Å². The van der Waals surface area contributed by atoms with Gasteiger partial charge in [0.1, 0.15) is 10.0 Å². The number of amides is 1. The highest BCUT2D eigenvalue weighted by Crippen LogP contribution is 2.11. The Morgan fingerprint density at radius 2 is 1.95 bits per heavy atom. The standard InChI is InChI=1S/C14H17N3O3S2/c1-11-16-17-14(21-11)7-9-15-13(18)8-10-22(19,20)12-5-3-2-4-6-12/h2-6H,7-10H2,1H3,(H,15,18). The number of sulfone groups is 1. The number of rotatable bonds is 7. The molecule has 118 valence electrons. The summed E-state index contributed by atoms with van der Waals surface area (Å²) in [6, 6.07) is 8.14. The van der Waals surface area contributed by atoms with Crippen LogP contribution in [0, 0.1) is 6.92 Å². The van der Waals surface area contributed by atoms with Gasteiger partial charge in [-0.3, -0.25) is 4.79 Å². The van der Waals surface area contributed by atoms with E-state index in [0.29, 0.717) is 13.0 Å². The predicted octanol–water partition coefficient (Wildman–Crippen LogP) is 1.37. The van der Waals surface area contributed by atoms with Crippen molar-refractivity contribution in [3.8, 4) is 0 Å². The molecule has 1 aromatic heterocycles. The summed E-state index contributed by atoms with van der Waals surface area (Å²) in [6.07, 6.45) is 0.551. The van der Waals surface area contributed by atoms with Gasteiger partial charge in [0, 0.05) is 19.4 Å². The van der Waals surface area contributed by atoms with Gasteiger partial charge in [0.25, 0.3) is 0 Å². The second-order valence-electron chi connectivity index (χ2n) is 4.70. The molecule has 6 nitrogen and oxygen atoms in total. The van der Waals surface area contributed by atoms with E-state index in [-0.39, 0.29) is 23.0 Å². The lowest BCUT2D eigenvalue weighted by Crippen LogP contribution is -2.27. The zero-order valence-electron chi connectivity index (χ0n) is 12.2. The van der Waals surface area contributed by atoms with Gasteiger partial charge in [-0.1, -0.05) is 18.2 Å². The molecule has 0 saturated heterocycles. The average Bonchev–Trinajstić information content (AvgIpc) is 2.92. The maximum Gasteiger partial charge on any atom is 0.221 e. The quantitative estimate of drug-likeness (QED) is 0.823. The number of benzene rings is 1. The Labute approximate surface area is 133 Å². The van der Waals surface area contributed by atoms with Crippen molar-refractivity contribution in [2.75, 3.05) is 12.3 Å². The summed E-state index contributed by atoms with van der Waals surface area (Å²) in [4.78, 5) is 12.0. The molecule has 1 aromatic carbocycles. The van der Waals surface area contributed by atoms with Crippen LogP contribution in [0.25, 0.3) is 0 Å². The molecule has 1 N–H and O–H groups in total. The van der Waals surface area contributed by atoms with E-state index in [0.717, 1.165) is 10.0 Å². The van der Waals surface area contributed by atoms with Crippen LogP contribution in [0.15, 0.2) is 35.2 Å². The van der Waals surface area contributed by atoms with Gasteiger partial charge in [-0.15, -0.1) is 21.5 Å². The number of aryl methyl sites for hydroxylation is 1. The zero-order valence-corrected chi connectivity index (χ0v) is 13.8. The summed E-state index contributed by atoms with van der Waals surface area (Å²) in [7, 11) is -3.41. The van der Waals surface area contributed by atoms with E-state index in [4.69, 9.17) is 0 Å². The zero-order chi connectivity index (χ0) is 16.0. The van der Waals surface area contributed by atoms with Crippen LogP contribution in [0.5, 0.6) is 0 Å². The number of aromatic nitrogens is 2. The predicted molar refractivity (Wildman–Crippen MR) is 84.5 cm³/mol. The maximum atomic E-state index is 12.0. The van der Waals surface area contributed by atoms with Gasteiger partial charge in [0.2, 0.25) is 5.91 Å². The second kappa shape index (κ2) is 7.46. The first-order valence-corrected chi connectivity index (χ1v) is 9.28. The Balaban J connectivity index is 1.76. The molecule has 1 heterocycles. The lowest BCUT2D eigenvalue weighted by atomic mass is 10.4. The largest absolute Gasteiger partial charge is 0.356 e. The van der Waals surface area contributed by atoms with E-state index in [9.17, 15) is 13.2 Å². The van der Waals surface area contributed by atoms with E-state index in [1.165, 1.54) is 23.5 Å². The minimum atomic E-state index is -3.41. The van der Waals surface area contributed by atoms with Crippen LogP contribution in [0.3, 0.4) is 0 Å². The Bertz CT molecular complexity index is 727. The highest BCUT2D eigenvalue weighted by Gasteiger charge is 2.15. The van der Waals surface area contributed by atoms with Crippen LogP contribution in [-0.2, 0) is 21.1 Å². The van der Waals surface area contributed by atoms with E-state index in [1.54, 1.807) is 18.2 Å². The molecule has 0 bridgehead atoms. The normalized spacial score (nSPS) is 11.3. The molecule has 0 fully saturated rings. The number of carbonyl (C=O) groups is 1. The molecule has 0 aliphatic rings. The van der Waals surface area contributed by atoms with Crippen LogP contribution < -0.4 is 5.32 Å². The van der Waals surface area contributed by atoms with Crippen LogP contribution in [0.4, 0.5) is 0 Å². The van der Waals surface area contributed by atoms with Crippen LogP contribution in [-0.4, -0.2) is 36.8 Å². The molecule has 0 unspecified atom stereocenters. The average molecular weight is 339 g/mol. The van der Waals surface area contributed by atoms with Crippen molar-refractivity contribution in [3.05, 3.63) is 40.3 Å². The number of hydrogen-bond donors (Lipinski definition) is 1. The molecular formula is C14H17N3O3S2. The topological polar surface area (TPSA) is 89.0 Å². The number of carbonyl (C=O) groups excluding carboxylic acids is 1. The third-order valence-corrected chi connectivity index (χ3v) is 5.56. The first kappa shape index (κ1) is 16.6. The molecule has 0 saturated carbocycles. The minimum Gasteiger partial charge on any atom is -0.356 e. The van der Waals surface area contributed by atoms with Gasteiger partial charge in [-0.25, -0.2) is 8.42 Å². The summed E-state index contributed by atoms with van der Waals surface area (Å²) in [5.41, 5.74) is 0. The van der Waals surface area contributed by atoms with Gasteiger partial charge in [0.05, 0.1) is 10.6 Å². The monoisotopic (exact) mass is 339 g/mol. The Kier molecular flexibility index (Phi) is 5.62. The van der Waals surface area contributed by atoms with Crippen molar-refractivity contribution in [2.45, 2.75) is 24.7 Å². The van der Waals surface area contributed by atoms with Crippen molar-refractivity contribution in [3.63, 3.8) is 0 Å². The van der Waals surface area contributed by atoms with E-state index < -0.39 is 9.84 Å². The molecule has 2 rings (SSSR count). The SMILES string of the molecule is Cc1nnc(CCNC(=O)CCS(=O)(=O)c2ccccc2)s1. The van der Waals surface area contributed by atoms with Crippen molar-refractivity contribution in [1.29, 1.82) is 0 Å². The molecule has 0 atom stereocenters. The summed E-state index contributed by atoms with van der Waals surface area (Å²) < 4.78 is 24.1. The third kappa shape index (κ3) is 4.88. The third-order valence-electron chi connectivity index (χ3n) is 2.93. The molecule has 22 heavy (non-hydrogen) atoms. The van der Waals surface area contributed by atoms with Gasteiger partial charge in [-0.05, 0) is 19.1 Å². The van der Waals surface area contributed by atoms with Gasteiger partial charge in [-0.2, -0.15) is 0 Å². The van der Waals surface area contributed by atoms with Crippen molar-refractivity contribution in [1.82, 2.24) is 15.5 Å². The van der Waals surface area contributed by atoms with Crippen LogP contribution in [0.1, 0.15) is 16.4 Å². The summed E-state index contributed by atoms with van der Waals surface area (Å²) in [5, 5.41) is 12.3. The lowest BCUT2D eigenvalue weighted by molar-refractivity contribution is -0.120. The van der Waals surface area contributed by atoms with Crippen molar-refractivity contribution in [2.24, 2.45) is 0 Å². The highest BCUT2D eigenvalue weighted by atomic mass is 32.2. The summed E-state index contributed by atoms with van der Waals surface area (Å²) >= 11 is 1.48. The summed E-state index contributed by atoms with van der Waals surface area (Å²) in [5.74, 6) is -0.471. The number of hydrogen-bond acceptors (Lipinski definition) is 6. The lowest BCUT2D eigenvalue weighted by Gasteiger charge is -2.05. The van der Waals surface area contributed by atoms with Crippen LogP contribution >= 0.6 is 11.3 Å². The molecule has 0 radical (unpaired) electrons. The minimum absolute atomic E-state index is 0.0492. The maximum absolute atomic E-state index is 12.0. The molecule has 8 heteroatoms. The number of nitrogens with one attached hydrogen (secondary N) is 1. The molecule has 0 aliphatic heterocycles. The summed E-state index contributed by atoms with van der Waals surface area (Å²) in [6.45, 7) is 2.30. The van der Waals surface area contributed by atoms with Crippen molar-refractivity contribution < 1.29 is 13.2 Å². The fourth-order valence-electron chi connectivity index (χ4n) is 1.81.